The lowest BCUT2D eigenvalue weighted by molar-refractivity contribution is -0.119. The second-order valence-electron chi connectivity index (χ2n) is 6.91. The van der Waals surface area contributed by atoms with Crippen molar-refractivity contribution in [1.29, 1.82) is 0 Å². The summed E-state index contributed by atoms with van der Waals surface area (Å²) < 4.78 is 0. The van der Waals surface area contributed by atoms with E-state index in [9.17, 15) is 14.4 Å². The van der Waals surface area contributed by atoms with E-state index < -0.39 is 0 Å². The van der Waals surface area contributed by atoms with Gasteiger partial charge in [0.05, 0.1) is 6.54 Å². The highest BCUT2D eigenvalue weighted by molar-refractivity contribution is 5.97. The molecule has 3 amide bonds. The highest BCUT2D eigenvalue weighted by Gasteiger charge is 2.10. The highest BCUT2D eigenvalue weighted by Crippen LogP contribution is 2.16. The molecule has 0 heterocycles. The molecule has 0 aliphatic heterocycles. The lowest BCUT2D eigenvalue weighted by atomic mass is 10.2. The maximum absolute atomic E-state index is 12.2. The Morgan fingerprint density at radius 2 is 1.50 bits per heavy atom. The van der Waals surface area contributed by atoms with E-state index in [1.807, 2.05) is 13.8 Å². The van der Waals surface area contributed by atoms with Gasteiger partial charge in [-0.15, -0.1) is 0 Å². The quantitative estimate of drug-likeness (QED) is 0.686. The molecule has 28 heavy (non-hydrogen) atoms. The molecule has 0 radical (unpaired) electrons. The molecular formula is C21H26N4O3. The predicted molar refractivity (Wildman–Crippen MR) is 111 cm³/mol. The standard InChI is InChI=1S/C21H26N4O3/c1-14(2)20(27)24-18-10-6-9-17(12-18)23-19(26)13-22-16-8-5-7-15(11-16)21(28)25(3)4/h5-12,14,22H,13H2,1-4H3,(H,23,26)(H,24,27). The largest absolute Gasteiger partial charge is 0.376 e. The number of nitrogens with one attached hydrogen (secondary N) is 3. The van der Waals surface area contributed by atoms with Gasteiger partial charge in [-0.25, -0.2) is 0 Å². The van der Waals surface area contributed by atoms with E-state index in [0.717, 1.165) is 0 Å². The summed E-state index contributed by atoms with van der Waals surface area (Å²) in [7, 11) is 3.38. The number of anilines is 3. The number of carbonyl (C=O) groups excluding carboxylic acids is 3. The summed E-state index contributed by atoms with van der Waals surface area (Å²) in [6, 6.07) is 14.0. The van der Waals surface area contributed by atoms with Crippen molar-refractivity contribution in [1.82, 2.24) is 4.90 Å². The molecule has 0 bridgehead atoms. The fourth-order valence-corrected chi connectivity index (χ4v) is 2.37. The zero-order chi connectivity index (χ0) is 20.7. The monoisotopic (exact) mass is 382 g/mol. The molecule has 0 unspecified atom stereocenters. The minimum absolute atomic E-state index is 0.0438. The van der Waals surface area contributed by atoms with E-state index in [0.29, 0.717) is 22.6 Å². The van der Waals surface area contributed by atoms with E-state index in [-0.39, 0.29) is 30.2 Å². The summed E-state index contributed by atoms with van der Waals surface area (Å²) >= 11 is 0. The van der Waals surface area contributed by atoms with Gasteiger partial charge in [0.25, 0.3) is 5.91 Å². The third-order valence-corrected chi connectivity index (χ3v) is 3.91. The normalized spacial score (nSPS) is 10.3. The van der Waals surface area contributed by atoms with Crippen LogP contribution in [-0.2, 0) is 9.59 Å². The molecule has 148 valence electrons. The van der Waals surface area contributed by atoms with Crippen LogP contribution in [0.25, 0.3) is 0 Å². The highest BCUT2D eigenvalue weighted by atomic mass is 16.2. The Labute approximate surface area is 165 Å². The van der Waals surface area contributed by atoms with Crippen LogP contribution in [0.2, 0.25) is 0 Å². The predicted octanol–water partition coefficient (Wildman–Crippen LogP) is 3.03. The van der Waals surface area contributed by atoms with Crippen LogP contribution in [0.4, 0.5) is 17.1 Å². The topological polar surface area (TPSA) is 90.5 Å². The molecule has 2 aromatic carbocycles. The third kappa shape index (κ3) is 6.12. The Balaban J connectivity index is 1.94. The Hall–Kier alpha value is -3.35. The minimum Gasteiger partial charge on any atom is -0.376 e. The molecule has 3 N–H and O–H groups in total. The van der Waals surface area contributed by atoms with Crippen molar-refractivity contribution in [3.05, 3.63) is 54.1 Å². The zero-order valence-corrected chi connectivity index (χ0v) is 16.6. The van der Waals surface area contributed by atoms with Gasteiger partial charge in [0.1, 0.15) is 0 Å². The van der Waals surface area contributed by atoms with Crippen molar-refractivity contribution >= 4 is 34.8 Å². The molecule has 0 saturated heterocycles. The Morgan fingerprint density at radius 3 is 2.14 bits per heavy atom. The second kappa shape index (κ2) is 9.55. The number of benzene rings is 2. The molecule has 2 rings (SSSR count). The molecule has 7 heteroatoms. The number of hydrogen-bond donors (Lipinski definition) is 3. The lowest BCUT2D eigenvalue weighted by Crippen LogP contribution is -2.23. The van der Waals surface area contributed by atoms with E-state index in [1.54, 1.807) is 62.6 Å². The van der Waals surface area contributed by atoms with Gasteiger partial charge in [0, 0.05) is 42.6 Å². The van der Waals surface area contributed by atoms with Crippen LogP contribution in [0.5, 0.6) is 0 Å². The van der Waals surface area contributed by atoms with E-state index in [2.05, 4.69) is 16.0 Å². The van der Waals surface area contributed by atoms with Crippen LogP contribution in [0.15, 0.2) is 48.5 Å². The molecule has 2 aromatic rings. The van der Waals surface area contributed by atoms with Crippen molar-refractivity contribution in [3.63, 3.8) is 0 Å². The number of rotatable bonds is 7. The second-order valence-corrected chi connectivity index (χ2v) is 6.91. The SMILES string of the molecule is CC(C)C(=O)Nc1cccc(NC(=O)CNc2cccc(C(=O)N(C)C)c2)c1. The molecule has 0 spiro atoms. The molecule has 0 fully saturated rings. The first-order chi connectivity index (χ1) is 13.3. The van der Waals surface area contributed by atoms with Gasteiger partial charge >= 0.3 is 0 Å². The summed E-state index contributed by atoms with van der Waals surface area (Å²) in [6.45, 7) is 3.67. The van der Waals surface area contributed by atoms with Gasteiger partial charge in [0.15, 0.2) is 0 Å². The van der Waals surface area contributed by atoms with Crippen molar-refractivity contribution in [2.24, 2.45) is 5.92 Å². The number of carbonyl (C=O) groups is 3. The summed E-state index contributed by atoms with van der Waals surface area (Å²) in [5, 5.41) is 8.59. The van der Waals surface area contributed by atoms with Gasteiger partial charge in [-0.1, -0.05) is 26.0 Å². The van der Waals surface area contributed by atoms with Crippen molar-refractivity contribution in [2.75, 3.05) is 36.6 Å². The third-order valence-electron chi connectivity index (χ3n) is 3.91. The van der Waals surface area contributed by atoms with Crippen LogP contribution >= 0.6 is 0 Å². The maximum atomic E-state index is 12.2. The van der Waals surface area contributed by atoms with E-state index in [1.165, 1.54) is 4.90 Å². The van der Waals surface area contributed by atoms with Crippen LogP contribution in [0.3, 0.4) is 0 Å². The molecule has 0 saturated carbocycles. The van der Waals surface area contributed by atoms with Crippen LogP contribution in [0.1, 0.15) is 24.2 Å². The Kier molecular flexibility index (Phi) is 7.14. The molecule has 0 aromatic heterocycles. The van der Waals surface area contributed by atoms with Gasteiger partial charge in [-0.3, -0.25) is 14.4 Å². The van der Waals surface area contributed by atoms with Gasteiger partial charge in [-0.05, 0) is 36.4 Å². The fourth-order valence-electron chi connectivity index (χ4n) is 2.37. The Bertz CT molecular complexity index is 862. The average Bonchev–Trinajstić information content (AvgIpc) is 2.66. The number of amides is 3. The van der Waals surface area contributed by atoms with Gasteiger partial charge in [0.2, 0.25) is 11.8 Å². The van der Waals surface area contributed by atoms with Crippen molar-refractivity contribution in [3.8, 4) is 0 Å². The van der Waals surface area contributed by atoms with Gasteiger partial charge < -0.3 is 20.9 Å². The molecule has 0 atom stereocenters. The number of nitrogens with zero attached hydrogens (tertiary/aromatic N) is 1. The maximum Gasteiger partial charge on any atom is 0.253 e. The first-order valence-electron chi connectivity index (χ1n) is 9.02. The van der Waals surface area contributed by atoms with Crippen LogP contribution < -0.4 is 16.0 Å². The molecule has 7 nitrogen and oxygen atoms in total. The smallest absolute Gasteiger partial charge is 0.253 e. The molecule has 0 aliphatic rings. The van der Waals surface area contributed by atoms with Crippen molar-refractivity contribution < 1.29 is 14.4 Å². The first-order valence-corrected chi connectivity index (χ1v) is 9.02. The van der Waals surface area contributed by atoms with Crippen molar-refractivity contribution in [2.45, 2.75) is 13.8 Å². The fraction of sp³-hybridized carbons (Fsp3) is 0.286. The summed E-state index contributed by atoms with van der Waals surface area (Å²) in [6.07, 6.45) is 0. The van der Waals surface area contributed by atoms with Gasteiger partial charge in [-0.2, -0.15) is 0 Å². The average molecular weight is 382 g/mol. The lowest BCUT2D eigenvalue weighted by Gasteiger charge is -2.13. The van der Waals surface area contributed by atoms with E-state index in [4.69, 9.17) is 0 Å². The van der Waals surface area contributed by atoms with Crippen LogP contribution in [-0.4, -0.2) is 43.3 Å². The summed E-state index contributed by atoms with van der Waals surface area (Å²) in [5.74, 6) is -0.556. The molecule has 0 aliphatic carbocycles. The summed E-state index contributed by atoms with van der Waals surface area (Å²) in [5.41, 5.74) is 2.44. The zero-order valence-electron chi connectivity index (χ0n) is 16.6. The minimum atomic E-state index is -0.239. The molecular weight excluding hydrogens is 356 g/mol. The van der Waals surface area contributed by atoms with Crippen LogP contribution in [0, 0.1) is 5.92 Å². The van der Waals surface area contributed by atoms with E-state index >= 15 is 0 Å². The first kappa shape index (κ1) is 21.0. The number of hydrogen-bond acceptors (Lipinski definition) is 4. The Morgan fingerprint density at radius 1 is 0.893 bits per heavy atom. The summed E-state index contributed by atoms with van der Waals surface area (Å²) in [4.78, 5) is 37.5.